The van der Waals surface area contributed by atoms with Gasteiger partial charge in [-0.05, 0) is 17.7 Å². The molecule has 1 aliphatic rings. The molecule has 0 aromatic heterocycles. The second-order valence-electron chi connectivity index (χ2n) is 5.74. The van der Waals surface area contributed by atoms with Gasteiger partial charge in [-0.15, -0.1) is 0 Å². The fourth-order valence-corrected chi connectivity index (χ4v) is 3.69. The number of hydrogen-bond donors (Lipinski definition) is 0. The molecule has 7 nitrogen and oxygen atoms in total. The Morgan fingerprint density at radius 1 is 0.885 bits per heavy atom. The van der Waals surface area contributed by atoms with Crippen LogP contribution in [-0.2, 0) is 18.9 Å². The molecule has 0 spiro atoms. The van der Waals surface area contributed by atoms with Crippen molar-refractivity contribution in [2.45, 2.75) is 11.6 Å². The SMILES string of the molecule is COc1ccc(/C=C/[C@H]2C(C#N)(C#N)C(OC)(OC)C2(OC)OC)cc1. The summed E-state index contributed by atoms with van der Waals surface area (Å²) < 4.78 is 27.2. The van der Waals surface area contributed by atoms with Crippen molar-refractivity contribution in [3.8, 4) is 17.9 Å². The topological polar surface area (TPSA) is 93.7 Å². The summed E-state index contributed by atoms with van der Waals surface area (Å²) in [6.45, 7) is 0. The van der Waals surface area contributed by atoms with Gasteiger partial charge in [0.25, 0.3) is 5.79 Å². The van der Waals surface area contributed by atoms with Crippen molar-refractivity contribution in [3.63, 3.8) is 0 Å². The second kappa shape index (κ2) is 7.45. The summed E-state index contributed by atoms with van der Waals surface area (Å²) in [6, 6.07) is 11.4. The molecule has 0 unspecified atom stereocenters. The lowest BCUT2D eigenvalue weighted by Gasteiger charge is -2.64. The molecule has 0 radical (unpaired) electrons. The third-order valence-electron chi connectivity index (χ3n) is 4.98. The lowest BCUT2D eigenvalue weighted by molar-refractivity contribution is -0.489. The molecule has 0 bridgehead atoms. The fraction of sp³-hybridized carbons (Fsp3) is 0.474. The molecule has 0 amide bonds. The summed E-state index contributed by atoms with van der Waals surface area (Å²) in [6.07, 6.45) is 3.49. The van der Waals surface area contributed by atoms with Crippen molar-refractivity contribution >= 4 is 6.08 Å². The quantitative estimate of drug-likeness (QED) is 0.691. The molecular formula is C19H22N2O5. The molecule has 1 aromatic carbocycles. The molecule has 0 aliphatic heterocycles. The van der Waals surface area contributed by atoms with Crippen LogP contribution in [0.3, 0.4) is 0 Å². The first-order valence-corrected chi connectivity index (χ1v) is 7.86. The third kappa shape index (κ3) is 2.33. The number of nitrogens with zero attached hydrogens (tertiary/aromatic N) is 2. The Labute approximate surface area is 153 Å². The first-order chi connectivity index (χ1) is 12.5. The van der Waals surface area contributed by atoms with Crippen molar-refractivity contribution in [2.75, 3.05) is 35.5 Å². The van der Waals surface area contributed by atoms with E-state index in [0.717, 1.165) is 11.3 Å². The van der Waals surface area contributed by atoms with Gasteiger partial charge in [-0.1, -0.05) is 24.3 Å². The minimum absolute atomic E-state index is 0.732. The average molecular weight is 358 g/mol. The van der Waals surface area contributed by atoms with Gasteiger partial charge in [0.05, 0.1) is 25.2 Å². The van der Waals surface area contributed by atoms with Gasteiger partial charge in [-0.3, -0.25) is 0 Å². The van der Waals surface area contributed by atoms with E-state index in [1.807, 2.05) is 36.4 Å². The van der Waals surface area contributed by atoms with Crippen LogP contribution in [0.4, 0.5) is 0 Å². The van der Waals surface area contributed by atoms with Gasteiger partial charge in [0.2, 0.25) is 11.2 Å². The summed E-state index contributed by atoms with van der Waals surface area (Å²) >= 11 is 0. The molecule has 1 aliphatic carbocycles. The Morgan fingerprint density at radius 2 is 1.42 bits per heavy atom. The minimum atomic E-state index is -1.69. The fourth-order valence-electron chi connectivity index (χ4n) is 3.69. The standard InChI is InChI=1S/C19H22N2O5/c1-22-15-9-6-14(7-10-15)8-11-16-17(12-20,13-21)19(25-4,26-5)18(16,23-2)24-3/h6-11,16H,1-5H3/b11-8+/t16-/m0/s1. The van der Waals surface area contributed by atoms with Gasteiger partial charge in [-0.25, -0.2) is 0 Å². The Morgan fingerprint density at radius 3 is 1.81 bits per heavy atom. The number of nitriles is 2. The summed E-state index contributed by atoms with van der Waals surface area (Å²) in [5, 5.41) is 19.6. The monoisotopic (exact) mass is 358 g/mol. The van der Waals surface area contributed by atoms with Crippen LogP contribution in [-0.4, -0.2) is 47.1 Å². The van der Waals surface area contributed by atoms with Crippen LogP contribution in [0.5, 0.6) is 5.75 Å². The van der Waals surface area contributed by atoms with Crippen LogP contribution in [0.15, 0.2) is 30.3 Å². The smallest absolute Gasteiger partial charge is 0.257 e. The van der Waals surface area contributed by atoms with E-state index in [-0.39, 0.29) is 0 Å². The van der Waals surface area contributed by atoms with Gasteiger partial charge in [0, 0.05) is 28.4 Å². The highest BCUT2D eigenvalue weighted by atomic mass is 16.8. The van der Waals surface area contributed by atoms with Crippen molar-refractivity contribution in [2.24, 2.45) is 11.3 Å². The largest absolute Gasteiger partial charge is 0.497 e. The van der Waals surface area contributed by atoms with E-state index in [2.05, 4.69) is 0 Å². The van der Waals surface area contributed by atoms with E-state index < -0.39 is 22.9 Å². The van der Waals surface area contributed by atoms with Crippen LogP contribution in [0, 0.1) is 34.0 Å². The van der Waals surface area contributed by atoms with Crippen molar-refractivity contribution in [1.29, 1.82) is 10.5 Å². The van der Waals surface area contributed by atoms with Crippen LogP contribution in [0.1, 0.15) is 5.56 Å². The van der Waals surface area contributed by atoms with E-state index in [4.69, 9.17) is 23.7 Å². The van der Waals surface area contributed by atoms with Crippen LogP contribution < -0.4 is 4.74 Å². The zero-order chi connectivity index (χ0) is 19.4. The van der Waals surface area contributed by atoms with E-state index in [0.29, 0.717) is 0 Å². The minimum Gasteiger partial charge on any atom is -0.497 e. The maximum absolute atomic E-state index is 9.80. The lowest BCUT2D eigenvalue weighted by atomic mass is 9.51. The molecule has 2 rings (SSSR count). The predicted octanol–water partition coefficient (Wildman–Crippen LogP) is 2.35. The summed E-state index contributed by atoms with van der Waals surface area (Å²) in [7, 11) is 7.13. The maximum Gasteiger partial charge on any atom is 0.257 e. The number of hydrogen-bond acceptors (Lipinski definition) is 7. The molecule has 138 valence electrons. The van der Waals surface area contributed by atoms with Crippen LogP contribution >= 0.6 is 0 Å². The molecule has 1 fully saturated rings. The number of ether oxygens (including phenoxy) is 5. The molecule has 0 saturated heterocycles. The average Bonchev–Trinajstić information content (AvgIpc) is 2.69. The highest BCUT2D eigenvalue weighted by Gasteiger charge is 2.85. The third-order valence-corrected chi connectivity index (χ3v) is 4.98. The zero-order valence-corrected chi connectivity index (χ0v) is 15.5. The molecule has 7 heteroatoms. The maximum atomic E-state index is 9.80. The van der Waals surface area contributed by atoms with Gasteiger partial charge in [-0.2, -0.15) is 10.5 Å². The Hall–Kier alpha value is -2.42. The van der Waals surface area contributed by atoms with Crippen LogP contribution in [0.2, 0.25) is 0 Å². The van der Waals surface area contributed by atoms with E-state index in [1.54, 1.807) is 19.3 Å². The van der Waals surface area contributed by atoms with Gasteiger partial charge in [0.15, 0.2) is 0 Å². The summed E-state index contributed by atoms with van der Waals surface area (Å²) in [5.74, 6) is -3.16. The van der Waals surface area contributed by atoms with E-state index in [9.17, 15) is 10.5 Å². The van der Waals surface area contributed by atoms with E-state index in [1.165, 1.54) is 28.4 Å². The lowest BCUT2D eigenvalue weighted by Crippen LogP contribution is -2.83. The highest BCUT2D eigenvalue weighted by Crippen LogP contribution is 2.65. The van der Waals surface area contributed by atoms with Crippen LogP contribution in [0.25, 0.3) is 6.08 Å². The number of methoxy groups -OCH3 is 5. The molecule has 1 aromatic rings. The Balaban J connectivity index is 2.51. The van der Waals surface area contributed by atoms with Gasteiger partial charge >= 0.3 is 0 Å². The van der Waals surface area contributed by atoms with E-state index >= 15 is 0 Å². The zero-order valence-electron chi connectivity index (χ0n) is 15.5. The second-order valence-corrected chi connectivity index (χ2v) is 5.74. The van der Waals surface area contributed by atoms with Crippen molar-refractivity contribution in [1.82, 2.24) is 0 Å². The van der Waals surface area contributed by atoms with Crippen molar-refractivity contribution < 1.29 is 23.7 Å². The molecular weight excluding hydrogens is 336 g/mol. The Bertz CT molecular complexity index is 723. The van der Waals surface area contributed by atoms with Gasteiger partial charge in [0.1, 0.15) is 5.75 Å². The normalized spacial score (nSPS) is 22.2. The first-order valence-electron chi connectivity index (χ1n) is 7.86. The molecule has 26 heavy (non-hydrogen) atoms. The van der Waals surface area contributed by atoms with Crippen molar-refractivity contribution in [3.05, 3.63) is 35.9 Å². The van der Waals surface area contributed by atoms with Gasteiger partial charge < -0.3 is 23.7 Å². The summed E-state index contributed by atoms with van der Waals surface area (Å²) in [4.78, 5) is 0. The molecule has 1 saturated carbocycles. The predicted molar refractivity (Wildman–Crippen MR) is 92.7 cm³/mol. The molecule has 1 atom stereocenters. The molecule has 0 N–H and O–H groups in total. The first kappa shape index (κ1) is 19.9. The Kier molecular flexibility index (Phi) is 5.70. The number of rotatable bonds is 7. The summed E-state index contributed by atoms with van der Waals surface area (Å²) in [5.41, 5.74) is -0.782. The number of benzene rings is 1. The highest BCUT2D eigenvalue weighted by molar-refractivity contribution is 5.54. The molecule has 0 heterocycles.